The molecular formula is C14H25N3O. The molecule has 0 bridgehead atoms. The summed E-state index contributed by atoms with van der Waals surface area (Å²) >= 11 is 0. The van der Waals surface area contributed by atoms with Crippen LogP contribution in [0.5, 0.6) is 0 Å². The van der Waals surface area contributed by atoms with Crippen molar-refractivity contribution >= 4 is 5.91 Å². The van der Waals surface area contributed by atoms with E-state index in [1.165, 1.54) is 19.3 Å². The summed E-state index contributed by atoms with van der Waals surface area (Å²) in [5.74, 6) is 0.0455. The van der Waals surface area contributed by atoms with Crippen LogP contribution < -0.4 is 5.32 Å². The van der Waals surface area contributed by atoms with E-state index in [4.69, 9.17) is 5.26 Å². The molecule has 1 aliphatic carbocycles. The third-order valence-corrected chi connectivity index (χ3v) is 4.02. The standard InChI is InChI=1S/C14H25N3O/c1-12(10-15)11-17(3)13(18)9-14(16-2)7-5-4-6-8-14/h12,16H,4-9,11H2,1-3H3. The first-order chi connectivity index (χ1) is 8.53. The number of nitrogens with one attached hydrogen (secondary N) is 1. The molecule has 1 N–H and O–H groups in total. The zero-order valence-electron chi connectivity index (χ0n) is 11.8. The van der Waals surface area contributed by atoms with Gasteiger partial charge in [0.15, 0.2) is 0 Å². The van der Waals surface area contributed by atoms with Gasteiger partial charge in [-0.05, 0) is 26.8 Å². The minimum absolute atomic E-state index is 0.0144. The zero-order chi connectivity index (χ0) is 13.6. The molecule has 0 saturated heterocycles. The summed E-state index contributed by atoms with van der Waals surface area (Å²) in [5.41, 5.74) is -0.0144. The lowest BCUT2D eigenvalue weighted by Gasteiger charge is -2.37. The van der Waals surface area contributed by atoms with Crippen LogP contribution in [-0.4, -0.2) is 37.0 Å². The summed E-state index contributed by atoms with van der Waals surface area (Å²) in [6.07, 6.45) is 6.39. The number of nitrogens with zero attached hydrogens (tertiary/aromatic N) is 2. The van der Waals surface area contributed by atoms with E-state index in [0.717, 1.165) is 12.8 Å². The largest absolute Gasteiger partial charge is 0.344 e. The highest BCUT2D eigenvalue weighted by molar-refractivity contribution is 5.77. The lowest BCUT2D eigenvalue weighted by Crippen LogP contribution is -2.48. The Morgan fingerprint density at radius 3 is 2.56 bits per heavy atom. The van der Waals surface area contributed by atoms with Crippen molar-refractivity contribution in [1.82, 2.24) is 10.2 Å². The number of hydrogen-bond acceptors (Lipinski definition) is 3. The van der Waals surface area contributed by atoms with Gasteiger partial charge in [0.25, 0.3) is 0 Å². The van der Waals surface area contributed by atoms with Crippen LogP contribution in [0.2, 0.25) is 0 Å². The average molecular weight is 251 g/mol. The van der Waals surface area contributed by atoms with E-state index >= 15 is 0 Å². The lowest BCUT2D eigenvalue weighted by molar-refractivity contribution is -0.132. The van der Waals surface area contributed by atoms with Gasteiger partial charge in [0.1, 0.15) is 0 Å². The molecule has 4 heteroatoms. The predicted molar refractivity (Wildman–Crippen MR) is 71.9 cm³/mol. The van der Waals surface area contributed by atoms with Crippen LogP contribution in [0.1, 0.15) is 45.4 Å². The Morgan fingerprint density at radius 2 is 2.06 bits per heavy atom. The summed E-state index contributed by atoms with van der Waals surface area (Å²) in [5, 5.41) is 12.1. The van der Waals surface area contributed by atoms with E-state index in [0.29, 0.717) is 13.0 Å². The van der Waals surface area contributed by atoms with Crippen LogP contribution in [0.25, 0.3) is 0 Å². The molecule has 0 heterocycles. The Hall–Kier alpha value is -1.08. The second-order valence-electron chi connectivity index (χ2n) is 5.57. The van der Waals surface area contributed by atoms with Crippen molar-refractivity contribution in [2.24, 2.45) is 5.92 Å². The highest BCUT2D eigenvalue weighted by Gasteiger charge is 2.33. The van der Waals surface area contributed by atoms with E-state index in [1.807, 2.05) is 14.0 Å². The smallest absolute Gasteiger partial charge is 0.224 e. The van der Waals surface area contributed by atoms with Crippen molar-refractivity contribution in [3.8, 4) is 6.07 Å². The van der Waals surface area contributed by atoms with E-state index in [9.17, 15) is 4.79 Å². The minimum atomic E-state index is -0.101. The second-order valence-corrected chi connectivity index (χ2v) is 5.57. The first-order valence-corrected chi connectivity index (χ1v) is 6.85. The van der Waals surface area contributed by atoms with Gasteiger partial charge in [-0.15, -0.1) is 0 Å². The second kappa shape index (κ2) is 6.75. The van der Waals surface area contributed by atoms with Crippen molar-refractivity contribution in [2.75, 3.05) is 20.6 Å². The monoisotopic (exact) mass is 251 g/mol. The molecule has 4 nitrogen and oxygen atoms in total. The van der Waals surface area contributed by atoms with E-state index in [1.54, 1.807) is 11.9 Å². The van der Waals surface area contributed by atoms with Gasteiger partial charge in [-0.2, -0.15) is 5.26 Å². The average Bonchev–Trinajstić information content (AvgIpc) is 2.39. The highest BCUT2D eigenvalue weighted by atomic mass is 16.2. The predicted octanol–water partition coefficient (Wildman–Crippen LogP) is 1.92. The molecule has 102 valence electrons. The Balaban J connectivity index is 2.54. The SMILES string of the molecule is CNC1(CC(=O)N(C)CC(C)C#N)CCCCC1. The van der Waals surface area contributed by atoms with Crippen molar-refractivity contribution in [3.05, 3.63) is 0 Å². The Kier molecular flexibility index (Phi) is 5.61. The molecule has 1 unspecified atom stereocenters. The van der Waals surface area contributed by atoms with Gasteiger partial charge in [-0.1, -0.05) is 19.3 Å². The molecule has 0 aliphatic heterocycles. The van der Waals surface area contributed by atoms with Crippen molar-refractivity contribution < 1.29 is 4.79 Å². The molecule has 1 fully saturated rings. The van der Waals surface area contributed by atoms with Crippen LogP contribution in [0.3, 0.4) is 0 Å². The number of hydrogen-bond donors (Lipinski definition) is 1. The van der Waals surface area contributed by atoms with E-state index < -0.39 is 0 Å². The molecule has 0 aromatic heterocycles. The molecule has 0 spiro atoms. The molecular weight excluding hydrogens is 226 g/mol. The van der Waals surface area contributed by atoms with Crippen molar-refractivity contribution in [2.45, 2.75) is 51.0 Å². The molecule has 0 aromatic rings. The first-order valence-electron chi connectivity index (χ1n) is 6.85. The fourth-order valence-corrected chi connectivity index (χ4v) is 2.72. The maximum atomic E-state index is 12.2. The summed E-state index contributed by atoms with van der Waals surface area (Å²) < 4.78 is 0. The van der Waals surface area contributed by atoms with Crippen LogP contribution in [-0.2, 0) is 4.79 Å². The van der Waals surface area contributed by atoms with E-state index in [2.05, 4.69) is 11.4 Å². The van der Waals surface area contributed by atoms with Crippen LogP contribution in [0, 0.1) is 17.2 Å². The summed E-state index contributed by atoms with van der Waals surface area (Å²) in [6, 6.07) is 2.17. The van der Waals surface area contributed by atoms with Gasteiger partial charge in [0.2, 0.25) is 5.91 Å². The quantitative estimate of drug-likeness (QED) is 0.812. The number of carbonyl (C=O) groups is 1. The maximum absolute atomic E-state index is 12.2. The molecule has 18 heavy (non-hydrogen) atoms. The summed E-state index contributed by atoms with van der Waals surface area (Å²) in [6.45, 7) is 2.37. The third-order valence-electron chi connectivity index (χ3n) is 4.02. The molecule has 0 radical (unpaired) electrons. The van der Waals surface area contributed by atoms with Crippen molar-refractivity contribution in [3.63, 3.8) is 0 Å². The Labute approximate surface area is 110 Å². The molecule has 1 saturated carbocycles. The van der Waals surface area contributed by atoms with Crippen LogP contribution in [0.15, 0.2) is 0 Å². The van der Waals surface area contributed by atoms with Crippen LogP contribution in [0.4, 0.5) is 0 Å². The highest BCUT2D eigenvalue weighted by Crippen LogP contribution is 2.31. The topological polar surface area (TPSA) is 56.1 Å². The first kappa shape index (κ1) is 15.0. The molecule has 0 aromatic carbocycles. The fourth-order valence-electron chi connectivity index (χ4n) is 2.72. The number of nitriles is 1. The van der Waals surface area contributed by atoms with Crippen molar-refractivity contribution in [1.29, 1.82) is 5.26 Å². The summed E-state index contributed by atoms with van der Waals surface area (Å²) in [7, 11) is 3.75. The van der Waals surface area contributed by atoms with Gasteiger partial charge >= 0.3 is 0 Å². The summed E-state index contributed by atoms with van der Waals surface area (Å²) in [4.78, 5) is 13.9. The zero-order valence-corrected chi connectivity index (χ0v) is 11.8. The molecule has 1 rings (SSSR count). The number of rotatable bonds is 5. The van der Waals surface area contributed by atoms with Crippen LogP contribution >= 0.6 is 0 Å². The van der Waals surface area contributed by atoms with Gasteiger partial charge in [-0.3, -0.25) is 4.79 Å². The number of amides is 1. The lowest BCUT2D eigenvalue weighted by atomic mass is 9.79. The van der Waals surface area contributed by atoms with Gasteiger partial charge in [-0.25, -0.2) is 0 Å². The number of carbonyl (C=O) groups excluding carboxylic acids is 1. The van der Waals surface area contributed by atoms with Gasteiger partial charge in [0, 0.05) is 25.6 Å². The normalized spacial score (nSPS) is 19.9. The maximum Gasteiger partial charge on any atom is 0.224 e. The Morgan fingerprint density at radius 1 is 1.44 bits per heavy atom. The Bertz CT molecular complexity index is 315. The van der Waals surface area contributed by atoms with Gasteiger partial charge in [0.05, 0.1) is 12.0 Å². The van der Waals surface area contributed by atoms with E-state index in [-0.39, 0.29) is 17.4 Å². The third kappa shape index (κ3) is 3.99. The van der Waals surface area contributed by atoms with Gasteiger partial charge < -0.3 is 10.2 Å². The minimum Gasteiger partial charge on any atom is -0.344 e. The fraction of sp³-hybridized carbons (Fsp3) is 0.857. The molecule has 1 aliphatic rings. The molecule has 1 amide bonds. The molecule has 1 atom stereocenters.